The molecule has 0 amide bonds. The van der Waals surface area contributed by atoms with Crippen LogP contribution >= 0.6 is 0 Å². The highest BCUT2D eigenvalue weighted by atomic mass is 16.4. The fourth-order valence-corrected chi connectivity index (χ4v) is 1.93. The number of rotatable bonds is 4. The first kappa shape index (κ1) is 11.5. The second kappa shape index (κ2) is 4.87. The molecule has 0 heterocycles. The Kier molecular flexibility index (Phi) is 3.28. The Morgan fingerprint density at radius 3 is 2.65 bits per heavy atom. The molecule has 0 bridgehead atoms. The molecule has 0 fully saturated rings. The molecule has 2 aromatic carbocycles. The molecule has 0 unspecified atom stereocenters. The first-order chi connectivity index (χ1) is 8.18. The summed E-state index contributed by atoms with van der Waals surface area (Å²) in [5, 5.41) is 20.4. The number of carbonyl (C=O) groups is 1. The molecule has 0 saturated carbocycles. The van der Waals surface area contributed by atoms with Gasteiger partial charge in [0.2, 0.25) is 0 Å². The van der Waals surface area contributed by atoms with Crippen molar-refractivity contribution >= 4 is 16.7 Å². The Morgan fingerprint density at radius 2 is 1.88 bits per heavy atom. The molecular weight excluding hydrogens is 216 g/mol. The lowest BCUT2D eigenvalue weighted by molar-refractivity contribution is -0.137. The summed E-state index contributed by atoms with van der Waals surface area (Å²) in [4.78, 5) is 10.4. The number of phenols is 1. The molecule has 0 saturated heterocycles. The third-order valence-electron chi connectivity index (χ3n) is 2.82. The quantitative estimate of drug-likeness (QED) is 0.849. The van der Waals surface area contributed by atoms with E-state index in [-0.39, 0.29) is 12.2 Å². The minimum absolute atomic E-state index is 0.131. The third kappa shape index (κ3) is 2.56. The molecule has 2 N–H and O–H groups in total. The number of aryl methyl sites for hydroxylation is 1. The van der Waals surface area contributed by atoms with Crippen LogP contribution in [0.25, 0.3) is 10.8 Å². The highest BCUT2D eigenvalue weighted by molar-refractivity contribution is 5.89. The number of carboxylic acid groups (broad SMARTS) is 1. The van der Waals surface area contributed by atoms with Gasteiger partial charge in [0.05, 0.1) is 0 Å². The van der Waals surface area contributed by atoms with E-state index in [9.17, 15) is 9.90 Å². The molecule has 0 aliphatic carbocycles. The lowest BCUT2D eigenvalue weighted by atomic mass is 10.0. The largest absolute Gasteiger partial charge is 0.507 e. The Balaban J connectivity index is 2.23. The van der Waals surface area contributed by atoms with Gasteiger partial charge in [-0.05, 0) is 23.8 Å². The predicted molar refractivity (Wildman–Crippen MR) is 66.2 cm³/mol. The monoisotopic (exact) mass is 230 g/mol. The van der Waals surface area contributed by atoms with Crippen LogP contribution in [0.5, 0.6) is 5.75 Å². The van der Waals surface area contributed by atoms with Gasteiger partial charge in [0, 0.05) is 11.8 Å². The van der Waals surface area contributed by atoms with E-state index in [2.05, 4.69) is 0 Å². The van der Waals surface area contributed by atoms with Crippen LogP contribution in [0.4, 0.5) is 0 Å². The van der Waals surface area contributed by atoms with Crippen LogP contribution in [-0.4, -0.2) is 16.2 Å². The number of benzene rings is 2. The van der Waals surface area contributed by atoms with Crippen molar-refractivity contribution in [3.05, 3.63) is 42.0 Å². The van der Waals surface area contributed by atoms with Gasteiger partial charge in [-0.15, -0.1) is 0 Å². The summed E-state index contributed by atoms with van der Waals surface area (Å²) < 4.78 is 0. The van der Waals surface area contributed by atoms with Crippen molar-refractivity contribution in [2.24, 2.45) is 0 Å². The zero-order chi connectivity index (χ0) is 12.3. The van der Waals surface area contributed by atoms with Crippen LogP contribution in [0, 0.1) is 0 Å². The number of aliphatic carboxylic acids is 1. The number of phenolic OH excluding ortho intramolecular Hbond substituents is 1. The molecule has 0 aliphatic heterocycles. The molecule has 3 heteroatoms. The SMILES string of the molecule is O=C(O)CCCc1ccc2ccccc2c1O. The standard InChI is InChI=1S/C14H14O3/c15-13(16)7-3-5-11-9-8-10-4-1-2-6-12(10)14(11)17/h1-2,4,6,8-9,17H,3,5,7H2,(H,15,16). The van der Waals surface area contributed by atoms with E-state index in [4.69, 9.17) is 5.11 Å². The normalized spacial score (nSPS) is 10.6. The lowest BCUT2D eigenvalue weighted by Crippen LogP contribution is -1.96. The maximum Gasteiger partial charge on any atom is 0.303 e. The second-order valence-electron chi connectivity index (χ2n) is 4.04. The highest BCUT2D eigenvalue weighted by Crippen LogP contribution is 2.29. The summed E-state index contributed by atoms with van der Waals surface area (Å²) in [5.74, 6) is -0.529. The maximum absolute atomic E-state index is 10.4. The van der Waals surface area contributed by atoms with Crippen LogP contribution in [0.15, 0.2) is 36.4 Å². The Morgan fingerprint density at radius 1 is 1.12 bits per heavy atom. The molecule has 17 heavy (non-hydrogen) atoms. The van der Waals surface area contributed by atoms with Gasteiger partial charge in [-0.3, -0.25) is 4.79 Å². The van der Waals surface area contributed by atoms with Crippen molar-refractivity contribution in [3.8, 4) is 5.75 Å². The van der Waals surface area contributed by atoms with Crippen molar-refractivity contribution in [1.82, 2.24) is 0 Å². The molecule has 3 nitrogen and oxygen atoms in total. The van der Waals surface area contributed by atoms with Gasteiger partial charge in [-0.1, -0.05) is 36.4 Å². The Labute approximate surface area is 99.3 Å². The van der Waals surface area contributed by atoms with E-state index in [0.717, 1.165) is 16.3 Å². The molecule has 88 valence electrons. The van der Waals surface area contributed by atoms with E-state index < -0.39 is 5.97 Å². The average molecular weight is 230 g/mol. The fourth-order valence-electron chi connectivity index (χ4n) is 1.93. The zero-order valence-corrected chi connectivity index (χ0v) is 9.39. The van der Waals surface area contributed by atoms with E-state index in [1.807, 2.05) is 36.4 Å². The minimum atomic E-state index is -0.801. The van der Waals surface area contributed by atoms with Crippen molar-refractivity contribution in [2.45, 2.75) is 19.3 Å². The van der Waals surface area contributed by atoms with Crippen molar-refractivity contribution in [3.63, 3.8) is 0 Å². The summed E-state index contributed by atoms with van der Waals surface area (Å²) in [5.41, 5.74) is 0.810. The number of aromatic hydroxyl groups is 1. The maximum atomic E-state index is 10.4. The Hall–Kier alpha value is -2.03. The van der Waals surface area contributed by atoms with E-state index >= 15 is 0 Å². The number of fused-ring (bicyclic) bond motifs is 1. The first-order valence-corrected chi connectivity index (χ1v) is 5.60. The minimum Gasteiger partial charge on any atom is -0.507 e. The molecule has 0 atom stereocenters. The highest BCUT2D eigenvalue weighted by Gasteiger charge is 2.06. The first-order valence-electron chi connectivity index (χ1n) is 5.60. The van der Waals surface area contributed by atoms with Gasteiger partial charge in [0.1, 0.15) is 5.75 Å². The van der Waals surface area contributed by atoms with Crippen molar-refractivity contribution < 1.29 is 15.0 Å². The van der Waals surface area contributed by atoms with E-state index in [0.29, 0.717) is 12.8 Å². The van der Waals surface area contributed by atoms with Crippen LogP contribution in [0.1, 0.15) is 18.4 Å². The van der Waals surface area contributed by atoms with Crippen LogP contribution in [0.3, 0.4) is 0 Å². The van der Waals surface area contributed by atoms with E-state index in [1.165, 1.54) is 0 Å². The van der Waals surface area contributed by atoms with Gasteiger partial charge in [0.15, 0.2) is 0 Å². The molecular formula is C14H14O3. The lowest BCUT2D eigenvalue weighted by Gasteiger charge is -2.07. The number of carboxylic acids is 1. The number of hydrogen-bond donors (Lipinski definition) is 2. The third-order valence-corrected chi connectivity index (χ3v) is 2.82. The summed E-state index contributed by atoms with van der Waals surface area (Å²) in [7, 11) is 0. The van der Waals surface area contributed by atoms with Crippen molar-refractivity contribution in [1.29, 1.82) is 0 Å². The van der Waals surface area contributed by atoms with Gasteiger partial charge >= 0.3 is 5.97 Å². The topological polar surface area (TPSA) is 57.5 Å². The fraction of sp³-hybridized carbons (Fsp3) is 0.214. The van der Waals surface area contributed by atoms with Crippen LogP contribution in [-0.2, 0) is 11.2 Å². The van der Waals surface area contributed by atoms with Crippen LogP contribution in [0.2, 0.25) is 0 Å². The van der Waals surface area contributed by atoms with Gasteiger partial charge in [-0.2, -0.15) is 0 Å². The van der Waals surface area contributed by atoms with E-state index in [1.54, 1.807) is 0 Å². The smallest absolute Gasteiger partial charge is 0.303 e. The molecule has 0 aromatic heterocycles. The molecule has 0 radical (unpaired) electrons. The van der Waals surface area contributed by atoms with Crippen LogP contribution < -0.4 is 0 Å². The predicted octanol–water partition coefficient (Wildman–Crippen LogP) is 2.95. The molecule has 0 spiro atoms. The zero-order valence-electron chi connectivity index (χ0n) is 9.39. The Bertz CT molecular complexity index is 546. The van der Waals surface area contributed by atoms with Gasteiger partial charge in [0.25, 0.3) is 0 Å². The molecule has 2 aromatic rings. The summed E-state index contributed by atoms with van der Waals surface area (Å²) in [6, 6.07) is 11.4. The summed E-state index contributed by atoms with van der Waals surface area (Å²) in [6.07, 6.45) is 1.26. The van der Waals surface area contributed by atoms with Gasteiger partial charge in [-0.25, -0.2) is 0 Å². The summed E-state index contributed by atoms with van der Waals surface area (Å²) >= 11 is 0. The summed E-state index contributed by atoms with van der Waals surface area (Å²) in [6.45, 7) is 0. The molecule has 0 aliphatic rings. The average Bonchev–Trinajstić information content (AvgIpc) is 2.32. The molecule has 2 rings (SSSR count). The number of hydrogen-bond acceptors (Lipinski definition) is 2. The van der Waals surface area contributed by atoms with Crippen molar-refractivity contribution in [2.75, 3.05) is 0 Å². The second-order valence-corrected chi connectivity index (χ2v) is 4.04. The van der Waals surface area contributed by atoms with Gasteiger partial charge < -0.3 is 10.2 Å².